The lowest BCUT2D eigenvalue weighted by Crippen LogP contribution is -2.36. The molecule has 19 heavy (non-hydrogen) atoms. The van der Waals surface area contributed by atoms with Crippen molar-refractivity contribution in [1.29, 1.82) is 0 Å². The second-order valence-electron chi connectivity index (χ2n) is 4.18. The third-order valence-electron chi connectivity index (χ3n) is 3.12. The quantitative estimate of drug-likeness (QED) is 0.628. The highest BCUT2D eigenvalue weighted by atomic mass is 16.6. The van der Waals surface area contributed by atoms with E-state index in [4.69, 9.17) is 9.47 Å². The predicted molar refractivity (Wildman–Crippen MR) is 62.7 cm³/mol. The van der Waals surface area contributed by atoms with Gasteiger partial charge in [0.05, 0.1) is 18.6 Å². The molecule has 0 bridgehead atoms. The molecule has 8 heteroatoms. The van der Waals surface area contributed by atoms with Crippen molar-refractivity contribution in [3.8, 4) is 0 Å². The number of aldehydes is 1. The highest BCUT2D eigenvalue weighted by Gasteiger charge is 2.45. The number of aromatic amines is 1. The van der Waals surface area contributed by atoms with Gasteiger partial charge in [0.2, 0.25) is 0 Å². The molecule has 0 aromatic carbocycles. The molecule has 1 aromatic rings. The molecule has 1 aromatic heterocycles. The van der Waals surface area contributed by atoms with Crippen LogP contribution in [-0.4, -0.2) is 46.9 Å². The first-order valence-electron chi connectivity index (χ1n) is 5.68. The van der Waals surface area contributed by atoms with E-state index in [-0.39, 0.29) is 6.61 Å². The van der Waals surface area contributed by atoms with Crippen molar-refractivity contribution in [1.82, 2.24) is 9.55 Å². The van der Waals surface area contributed by atoms with Gasteiger partial charge >= 0.3 is 5.69 Å². The average molecular weight is 270 g/mol. The van der Waals surface area contributed by atoms with Crippen molar-refractivity contribution in [2.45, 2.75) is 18.4 Å². The van der Waals surface area contributed by atoms with Crippen LogP contribution < -0.4 is 11.2 Å². The van der Waals surface area contributed by atoms with Gasteiger partial charge in [-0.2, -0.15) is 0 Å². The van der Waals surface area contributed by atoms with E-state index < -0.39 is 35.6 Å². The van der Waals surface area contributed by atoms with Crippen LogP contribution in [0.25, 0.3) is 0 Å². The van der Waals surface area contributed by atoms with E-state index in [0.717, 1.165) is 10.6 Å². The Morgan fingerprint density at radius 2 is 2.32 bits per heavy atom. The first kappa shape index (κ1) is 13.7. The van der Waals surface area contributed by atoms with E-state index in [9.17, 15) is 19.5 Å². The van der Waals surface area contributed by atoms with Gasteiger partial charge in [-0.05, 0) is 0 Å². The molecule has 104 valence electrons. The Morgan fingerprint density at radius 3 is 2.84 bits per heavy atom. The maximum atomic E-state index is 11.7. The standard InChI is InChI=1S/C11H14N2O6/c1-18-9-6(4-14)10(19-7(9)5-15)13-3-2-8(16)12-11(13)17/h2-4,6-7,9-10,15H,5H2,1H3,(H,12,16,17)/t6-,7+,9+,10+/m0/s1. The van der Waals surface area contributed by atoms with Crippen LogP contribution in [0.1, 0.15) is 6.23 Å². The van der Waals surface area contributed by atoms with Gasteiger partial charge in [-0.1, -0.05) is 0 Å². The van der Waals surface area contributed by atoms with Crippen molar-refractivity contribution in [2.24, 2.45) is 5.92 Å². The molecule has 0 radical (unpaired) electrons. The average Bonchev–Trinajstić information content (AvgIpc) is 2.76. The summed E-state index contributed by atoms with van der Waals surface area (Å²) in [4.78, 5) is 35.9. The van der Waals surface area contributed by atoms with Crippen LogP contribution in [0.15, 0.2) is 21.9 Å². The van der Waals surface area contributed by atoms with Gasteiger partial charge in [-0.25, -0.2) is 4.79 Å². The third-order valence-corrected chi connectivity index (χ3v) is 3.12. The fraction of sp³-hybridized carbons (Fsp3) is 0.545. The number of hydrogen-bond acceptors (Lipinski definition) is 6. The van der Waals surface area contributed by atoms with Crippen molar-refractivity contribution >= 4 is 6.29 Å². The molecule has 0 saturated carbocycles. The summed E-state index contributed by atoms with van der Waals surface area (Å²) in [7, 11) is 1.39. The van der Waals surface area contributed by atoms with Crippen molar-refractivity contribution in [2.75, 3.05) is 13.7 Å². The molecule has 0 spiro atoms. The Balaban J connectivity index is 2.41. The molecular formula is C11H14N2O6. The minimum absolute atomic E-state index is 0.336. The molecule has 1 fully saturated rings. The Hall–Kier alpha value is -1.77. The summed E-state index contributed by atoms with van der Waals surface area (Å²) >= 11 is 0. The zero-order valence-electron chi connectivity index (χ0n) is 10.2. The Morgan fingerprint density at radius 1 is 1.58 bits per heavy atom. The van der Waals surface area contributed by atoms with Crippen LogP contribution in [0, 0.1) is 5.92 Å². The molecule has 0 aliphatic carbocycles. The summed E-state index contributed by atoms with van der Waals surface area (Å²) < 4.78 is 11.7. The molecule has 2 heterocycles. The van der Waals surface area contributed by atoms with Gasteiger partial charge in [0, 0.05) is 19.4 Å². The molecule has 0 amide bonds. The van der Waals surface area contributed by atoms with E-state index in [0.29, 0.717) is 6.29 Å². The number of nitrogens with zero attached hydrogens (tertiary/aromatic N) is 1. The molecule has 1 saturated heterocycles. The van der Waals surface area contributed by atoms with Crippen LogP contribution in [0.3, 0.4) is 0 Å². The number of H-pyrrole nitrogens is 1. The third kappa shape index (κ3) is 2.37. The Labute approximate surface area is 107 Å². The van der Waals surface area contributed by atoms with Gasteiger partial charge in [-0.3, -0.25) is 14.3 Å². The number of rotatable bonds is 4. The van der Waals surface area contributed by atoms with E-state index in [1.165, 1.54) is 13.3 Å². The zero-order chi connectivity index (χ0) is 14.0. The molecule has 8 nitrogen and oxygen atoms in total. The van der Waals surface area contributed by atoms with Crippen molar-refractivity contribution < 1.29 is 19.4 Å². The molecule has 4 atom stereocenters. The number of aliphatic hydroxyl groups excluding tert-OH is 1. The van der Waals surface area contributed by atoms with E-state index >= 15 is 0 Å². The van der Waals surface area contributed by atoms with Gasteiger partial charge in [0.25, 0.3) is 5.56 Å². The minimum atomic E-state index is -0.913. The summed E-state index contributed by atoms with van der Waals surface area (Å²) in [6.45, 7) is -0.336. The van der Waals surface area contributed by atoms with E-state index in [1.54, 1.807) is 0 Å². The van der Waals surface area contributed by atoms with Crippen LogP contribution >= 0.6 is 0 Å². The zero-order valence-corrected chi connectivity index (χ0v) is 10.2. The number of methoxy groups -OCH3 is 1. The number of aromatic nitrogens is 2. The lowest BCUT2D eigenvalue weighted by molar-refractivity contribution is -0.116. The summed E-state index contributed by atoms with van der Waals surface area (Å²) in [6.07, 6.45) is -0.403. The molecule has 2 N–H and O–H groups in total. The Bertz CT molecular complexity index is 565. The maximum Gasteiger partial charge on any atom is 0.330 e. The van der Waals surface area contributed by atoms with Crippen LogP contribution in [0.5, 0.6) is 0 Å². The SMILES string of the molecule is CO[C@@H]1[C@H](C=O)[C@H](n2ccc(=O)[nH]c2=O)O[C@@H]1CO. The van der Waals surface area contributed by atoms with E-state index in [2.05, 4.69) is 4.98 Å². The van der Waals surface area contributed by atoms with Gasteiger partial charge in [0.15, 0.2) is 6.23 Å². The lowest BCUT2D eigenvalue weighted by Gasteiger charge is -2.17. The second kappa shape index (κ2) is 5.47. The molecule has 1 aliphatic heterocycles. The minimum Gasteiger partial charge on any atom is -0.394 e. The highest BCUT2D eigenvalue weighted by molar-refractivity contribution is 5.56. The van der Waals surface area contributed by atoms with Crippen LogP contribution in [0.4, 0.5) is 0 Å². The molecular weight excluding hydrogens is 256 g/mol. The Kier molecular flexibility index (Phi) is 3.93. The van der Waals surface area contributed by atoms with Gasteiger partial charge in [-0.15, -0.1) is 0 Å². The second-order valence-corrected chi connectivity index (χ2v) is 4.18. The number of aliphatic hydroxyl groups is 1. The summed E-state index contributed by atoms with van der Waals surface area (Å²) in [6, 6.07) is 1.15. The molecule has 2 rings (SSSR count). The summed E-state index contributed by atoms with van der Waals surface area (Å²) in [5.74, 6) is -0.745. The first-order valence-corrected chi connectivity index (χ1v) is 5.68. The monoisotopic (exact) mass is 270 g/mol. The topological polar surface area (TPSA) is 111 Å². The number of ether oxygens (including phenoxy) is 2. The van der Waals surface area contributed by atoms with Crippen LogP contribution in [-0.2, 0) is 14.3 Å². The number of nitrogens with one attached hydrogen (secondary N) is 1. The van der Waals surface area contributed by atoms with Crippen molar-refractivity contribution in [3.05, 3.63) is 33.1 Å². The largest absolute Gasteiger partial charge is 0.394 e. The summed E-state index contributed by atoms with van der Waals surface area (Å²) in [5.41, 5.74) is -1.22. The van der Waals surface area contributed by atoms with Gasteiger partial charge < -0.3 is 19.4 Å². The lowest BCUT2D eigenvalue weighted by atomic mass is 10.0. The van der Waals surface area contributed by atoms with E-state index in [1.807, 2.05) is 0 Å². The smallest absolute Gasteiger partial charge is 0.330 e. The normalized spacial score (nSPS) is 30.4. The van der Waals surface area contributed by atoms with Crippen molar-refractivity contribution in [3.63, 3.8) is 0 Å². The highest BCUT2D eigenvalue weighted by Crippen LogP contribution is 2.33. The number of carbonyl (C=O) groups excluding carboxylic acids is 1. The fourth-order valence-electron chi connectivity index (χ4n) is 2.24. The van der Waals surface area contributed by atoms with Crippen LogP contribution in [0.2, 0.25) is 0 Å². The fourth-order valence-corrected chi connectivity index (χ4v) is 2.24. The summed E-state index contributed by atoms with van der Waals surface area (Å²) in [5, 5.41) is 9.19. The number of hydrogen-bond donors (Lipinski definition) is 2. The predicted octanol–water partition coefficient (Wildman–Crippen LogP) is -1.74. The molecule has 1 aliphatic rings. The first-order chi connectivity index (χ1) is 9.12. The number of carbonyl (C=O) groups is 1. The maximum absolute atomic E-state index is 11.7. The molecule has 0 unspecified atom stereocenters. The van der Waals surface area contributed by atoms with Gasteiger partial charge in [0.1, 0.15) is 12.4 Å².